The largest absolute Gasteiger partial charge is 0.317 e. The smallest absolute Gasteiger partial charge is 0.269 e. The van der Waals surface area contributed by atoms with E-state index in [1.165, 1.54) is 5.56 Å². The number of rotatable bonds is 5. The Kier molecular flexibility index (Phi) is 4.84. The summed E-state index contributed by atoms with van der Waals surface area (Å²) in [5.41, 5.74) is 2.35. The van der Waals surface area contributed by atoms with E-state index < -0.39 is 0 Å². The van der Waals surface area contributed by atoms with E-state index in [0.717, 1.165) is 5.56 Å². The van der Waals surface area contributed by atoms with Crippen molar-refractivity contribution >= 4 is 5.69 Å². The van der Waals surface area contributed by atoms with E-state index in [2.05, 4.69) is 26.1 Å². The zero-order valence-corrected chi connectivity index (χ0v) is 11.7. The lowest BCUT2D eigenvalue weighted by Gasteiger charge is -2.29. The number of nitro benzene ring substituents is 1. The first-order valence-electron chi connectivity index (χ1n) is 6.30. The first-order valence-corrected chi connectivity index (χ1v) is 6.30. The predicted octanol–water partition coefficient (Wildman–Crippen LogP) is 3.25. The van der Waals surface area contributed by atoms with Gasteiger partial charge in [-0.2, -0.15) is 0 Å². The number of nitrogens with one attached hydrogen (secondary N) is 1. The topological polar surface area (TPSA) is 55.2 Å². The fourth-order valence-electron chi connectivity index (χ4n) is 2.53. The van der Waals surface area contributed by atoms with Gasteiger partial charge in [-0.15, -0.1) is 0 Å². The third-order valence-electron chi connectivity index (χ3n) is 3.54. The molecule has 1 aromatic rings. The normalized spacial score (nSPS) is 14.6. The van der Waals surface area contributed by atoms with E-state index in [4.69, 9.17) is 0 Å². The van der Waals surface area contributed by atoms with Crippen LogP contribution in [0.2, 0.25) is 0 Å². The Labute approximate surface area is 109 Å². The Morgan fingerprint density at radius 3 is 2.28 bits per heavy atom. The lowest BCUT2D eigenvalue weighted by molar-refractivity contribution is -0.384. The minimum atomic E-state index is -0.345. The van der Waals surface area contributed by atoms with Crippen LogP contribution in [0.4, 0.5) is 5.69 Å². The summed E-state index contributed by atoms with van der Waals surface area (Å²) >= 11 is 0. The lowest BCUT2D eigenvalue weighted by atomic mass is 9.81. The summed E-state index contributed by atoms with van der Waals surface area (Å²) in [6, 6.07) is 5.49. The molecule has 18 heavy (non-hydrogen) atoms. The van der Waals surface area contributed by atoms with Crippen LogP contribution in [0.15, 0.2) is 18.2 Å². The molecule has 0 amide bonds. The summed E-state index contributed by atoms with van der Waals surface area (Å²) in [6.07, 6.45) is 0. The molecule has 1 aromatic carbocycles. The second-order valence-electron chi connectivity index (χ2n) is 5.15. The number of nitro groups is 1. The molecular formula is C14H22N2O2. The molecule has 2 unspecified atom stereocenters. The van der Waals surface area contributed by atoms with Gasteiger partial charge in [0, 0.05) is 24.1 Å². The summed E-state index contributed by atoms with van der Waals surface area (Å²) < 4.78 is 0. The van der Waals surface area contributed by atoms with E-state index in [1.54, 1.807) is 12.1 Å². The zero-order valence-electron chi connectivity index (χ0n) is 11.7. The van der Waals surface area contributed by atoms with Gasteiger partial charge in [-0.05, 0) is 37.9 Å². The van der Waals surface area contributed by atoms with Crippen molar-refractivity contribution in [3.05, 3.63) is 39.4 Å². The number of hydrogen-bond donors (Lipinski definition) is 1. The van der Waals surface area contributed by atoms with Crippen LogP contribution in [0.1, 0.15) is 37.8 Å². The summed E-state index contributed by atoms with van der Waals surface area (Å²) in [5, 5.41) is 14.0. The Balaban J connectivity index is 3.17. The second kappa shape index (κ2) is 5.96. The van der Waals surface area contributed by atoms with Crippen molar-refractivity contribution in [1.29, 1.82) is 0 Å². The second-order valence-corrected chi connectivity index (χ2v) is 5.15. The Morgan fingerprint density at radius 2 is 1.89 bits per heavy atom. The van der Waals surface area contributed by atoms with Crippen LogP contribution in [0.3, 0.4) is 0 Å². The van der Waals surface area contributed by atoms with Crippen LogP contribution < -0.4 is 5.32 Å². The molecular weight excluding hydrogens is 228 g/mol. The lowest BCUT2D eigenvalue weighted by Crippen LogP contribution is -2.32. The summed E-state index contributed by atoms with van der Waals surface area (Å²) in [7, 11) is 1.95. The quantitative estimate of drug-likeness (QED) is 0.644. The maximum Gasteiger partial charge on any atom is 0.269 e. The molecule has 0 heterocycles. The van der Waals surface area contributed by atoms with Gasteiger partial charge in [0.2, 0.25) is 0 Å². The average Bonchev–Trinajstić information content (AvgIpc) is 2.30. The summed E-state index contributed by atoms with van der Waals surface area (Å²) in [4.78, 5) is 10.4. The van der Waals surface area contributed by atoms with Crippen molar-refractivity contribution < 1.29 is 4.92 Å². The minimum Gasteiger partial charge on any atom is -0.317 e. The predicted molar refractivity (Wildman–Crippen MR) is 73.9 cm³/mol. The molecule has 4 nitrogen and oxygen atoms in total. The van der Waals surface area contributed by atoms with Gasteiger partial charge in [0.05, 0.1) is 4.92 Å². The van der Waals surface area contributed by atoms with Gasteiger partial charge in [-0.25, -0.2) is 0 Å². The van der Waals surface area contributed by atoms with Crippen molar-refractivity contribution in [2.24, 2.45) is 5.92 Å². The molecule has 0 aliphatic rings. The van der Waals surface area contributed by atoms with Gasteiger partial charge in [0.25, 0.3) is 5.69 Å². The van der Waals surface area contributed by atoms with Gasteiger partial charge >= 0.3 is 0 Å². The number of nitrogens with zero attached hydrogens (tertiary/aromatic N) is 1. The minimum absolute atomic E-state index is 0.163. The van der Waals surface area contributed by atoms with Crippen LogP contribution >= 0.6 is 0 Å². The zero-order chi connectivity index (χ0) is 13.9. The SMILES string of the molecule is CNC(C)C(c1ccc([N+](=O)[O-])cc1C)C(C)C. The first kappa shape index (κ1) is 14.6. The molecule has 0 radical (unpaired) electrons. The van der Waals surface area contributed by atoms with E-state index in [1.807, 2.05) is 20.0 Å². The molecule has 0 saturated heterocycles. The summed E-state index contributed by atoms with van der Waals surface area (Å²) in [5.74, 6) is 0.836. The van der Waals surface area contributed by atoms with Crippen molar-refractivity contribution in [2.45, 2.75) is 39.7 Å². The third-order valence-corrected chi connectivity index (χ3v) is 3.54. The molecule has 1 N–H and O–H groups in total. The molecule has 0 aliphatic carbocycles. The van der Waals surface area contributed by atoms with Gasteiger partial charge in [-0.3, -0.25) is 10.1 Å². The Hall–Kier alpha value is -1.42. The van der Waals surface area contributed by atoms with Crippen LogP contribution in [0, 0.1) is 23.0 Å². The van der Waals surface area contributed by atoms with Crippen LogP contribution in [0.25, 0.3) is 0 Å². The van der Waals surface area contributed by atoms with E-state index in [0.29, 0.717) is 17.9 Å². The van der Waals surface area contributed by atoms with Crippen molar-refractivity contribution in [3.63, 3.8) is 0 Å². The molecule has 0 bridgehead atoms. The summed E-state index contributed by atoms with van der Waals surface area (Å²) in [6.45, 7) is 8.45. The fraction of sp³-hybridized carbons (Fsp3) is 0.571. The van der Waals surface area contributed by atoms with Gasteiger partial charge in [-0.1, -0.05) is 19.9 Å². The maximum absolute atomic E-state index is 10.8. The van der Waals surface area contributed by atoms with Crippen molar-refractivity contribution in [3.8, 4) is 0 Å². The number of hydrogen-bond acceptors (Lipinski definition) is 3. The van der Waals surface area contributed by atoms with Crippen LogP contribution in [-0.2, 0) is 0 Å². The van der Waals surface area contributed by atoms with Crippen molar-refractivity contribution in [2.75, 3.05) is 7.05 Å². The maximum atomic E-state index is 10.8. The molecule has 0 fully saturated rings. The highest BCUT2D eigenvalue weighted by atomic mass is 16.6. The van der Waals surface area contributed by atoms with Gasteiger partial charge in [0.15, 0.2) is 0 Å². The van der Waals surface area contributed by atoms with E-state index in [-0.39, 0.29) is 10.6 Å². The van der Waals surface area contributed by atoms with Gasteiger partial charge in [0.1, 0.15) is 0 Å². The standard InChI is InChI=1S/C14H22N2O2/c1-9(2)14(11(4)15-5)13-7-6-12(16(17)18)8-10(13)3/h6-9,11,14-15H,1-5H3. The van der Waals surface area contributed by atoms with Crippen LogP contribution in [0.5, 0.6) is 0 Å². The molecule has 0 spiro atoms. The first-order chi connectivity index (χ1) is 8.38. The highest BCUT2D eigenvalue weighted by Crippen LogP contribution is 2.31. The number of likely N-dealkylation sites (N-methyl/N-ethyl adjacent to an activating group) is 1. The molecule has 0 saturated carbocycles. The number of benzene rings is 1. The van der Waals surface area contributed by atoms with E-state index in [9.17, 15) is 10.1 Å². The Morgan fingerprint density at radius 1 is 1.28 bits per heavy atom. The fourth-order valence-corrected chi connectivity index (χ4v) is 2.53. The molecule has 0 aliphatic heterocycles. The highest BCUT2D eigenvalue weighted by Gasteiger charge is 2.24. The van der Waals surface area contributed by atoms with Crippen LogP contribution in [-0.4, -0.2) is 18.0 Å². The molecule has 100 valence electrons. The Bertz CT molecular complexity index is 430. The highest BCUT2D eigenvalue weighted by molar-refractivity contribution is 5.41. The third kappa shape index (κ3) is 3.07. The molecule has 4 heteroatoms. The molecule has 2 atom stereocenters. The molecule has 1 rings (SSSR count). The monoisotopic (exact) mass is 250 g/mol. The van der Waals surface area contributed by atoms with E-state index >= 15 is 0 Å². The van der Waals surface area contributed by atoms with Gasteiger partial charge < -0.3 is 5.32 Å². The van der Waals surface area contributed by atoms with Crippen molar-refractivity contribution in [1.82, 2.24) is 5.32 Å². The average molecular weight is 250 g/mol. The molecule has 0 aromatic heterocycles. The number of non-ortho nitro benzene ring substituents is 1. The number of aryl methyl sites for hydroxylation is 1.